The van der Waals surface area contributed by atoms with Crippen LogP contribution in [0.25, 0.3) is 11.3 Å². The molecule has 2 N–H and O–H groups in total. The third-order valence-corrected chi connectivity index (χ3v) is 14.6. The number of unbranched alkanes of at least 4 members (excludes halogenated alkanes) is 30. The minimum absolute atomic E-state index is 0.00787. The van der Waals surface area contributed by atoms with Crippen molar-refractivity contribution in [3.63, 3.8) is 0 Å². The van der Waals surface area contributed by atoms with Crippen LogP contribution in [-0.2, 0) is 0 Å². The molecule has 2 aromatic carbocycles. The standard InChI is InChI=1S/C54H84N2O2S2/c1-3-5-7-9-11-13-15-17-19-21-23-25-27-29-31-33-43-59-47-39-35-45(36-40-47)51-49-50(54(58)55-51)52(56-53(49)57)46-37-41-48(42-38-46)60-44-34-32-30-28-26-24-22-20-18-16-14-12-10-8-6-4-2/h35-42,55,58H,3-34,43-44H2,1-2H3. The summed E-state index contributed by atoms with van der Waals surface area (Å²) in [5, 5.41) is 11.0. The number of hydrogen-bond donors (Lipinski definition) is 2. The van der Waals surface area contributed by atoms with Crippen LogP contribution < -0.4 is 0 Å². The van der Waals surface area contributed by atoms with Crippen molar-refractivity contribution >= 4 is 35.1 Å². The fourth-order valence-electron chi connectivity index (χ4n) is 8.68. The highest BCUT2D eigenvalue weighted by Gasteiger charge is 2.33. The van der Waals surface area contributed by atoms with Crippen molar-refractivity contribution in [2.24, 2.45) is 4.99 Å². The Bertz CT molecular complexity index is 1580. The van der Waals surface area contributed by atoms with Crippen molar-refractivity contribution in [2.75, 3.05) is 11.5 Å². The first-order valence-electron chi connectivity index (χ1n) is 25.2. The molecule has 6 heteroatoms. The molecular weight excluding hydrogens is 773 g/mol. The lowest BCUT2D eigenvalue weighted by atomic mass is 10.0. The van der Waals surface area contributed by atoms with E-state index in [0.717, 1.165) is 22.6 Å². The molecule has 0 spiro atoms. The van der Waals surface area contributed by atoms with Gasteiger partial charge >= 0.3 is 0 Å². The fraction of sp³-hybridized carbons (Fsp3) is 0.667. The second-order valence-corrected chi connectivity index (χ2v) is 20.1. The summed E-state index contributed by atoms with van der Waals surface area (Å²) < 4.78 is 0. The summed E-state index contributed by atoms with van der Waals surface area (Å²) in [4.78, 5) is 23.2. The van der Waals surface area contributed by atoms with Crippen molar-refractivity contribution in [2.45, 2.75) is 229 Å². The Hall–Kier alpha value is -2.44. The molecule has 0 aliphatic carbocycles. The predicted octanol–water partition coefficient (Wildman–Crippen LogP) is 18.1. The minimum Gasteiger partial charge on any atom is -0.494 e. The Labute approximate surface area is 376 Å². The molecule has 0 radical (unpaired) electrons. The van der Waals surface area contributed by atoms with Gasteiger partial charge in [0.25, 0.3) is 5.91 Å². The van der Waals surface area contributed by atoms with E-state index in [2.05, 4.69) is 60.2 Å². The molecule has 0 unspecified atom stereocenters. The molecule has 0 saturated carbocycles. The van der Waals surface area contributed by atoms with Crippen LogP contribution in [0.3, 0.4) is 0 Å². The van der Waals surface area contributed by atoms with E-state index in [9.17, 15) is 9.90 Å². The zero-order valence-corrected chi connectivity index (χ0v) is 39.9. The molecule has 1 aliphatic rings. The molecule has 0 bridgehead atoms. The second-order valence-electron chi connectivity index (χ2n) is 17.7. The fourth-order valence-corrected chi connectivity index (χ4v) is 10.5. The van der Waals surface area contributed by atoms with Gasteiger partial charge in [-0.25, -0.2) is 4.99 Å². The third-order valence-electron chi connectivity index (χ3n) is 12.4. The lowest BCUT2D eigenvalue weighted by Crippen LogP contribution is -1.99. The number of benzene rings is 2. The number of aromatic nitrogens is 1. The van der Waals surface area contributed by atoms with E-state index in [-0.39, 0.29) is 11.8 Å². The molecular formula is C54H84N2O2S2. The van der Waals surface area contributed by atoms with Crippen LogP contribution >= 0.6 is 23.5 Å². The number of amides is 1. The van der Waals surface area contributed by atoms with Crippen molar-refractivity contribution < 1.29 is 9.90 Å². The summed E-state index contributed by atoms with van der Waals surface area (Å²) in [6.07, 6.45) is 44.6. The molecule has 60 heavy (non-hydrogen) atoms. The van der Waals surface area contributed by atoms with Gasteiger partial charge < -0.3 is 10.1 Å². The van der Waals surface area contributed by atoms with E-state index in [1.807, 2.05) is 35.7 Å². The Kier molecular flexibility index (Phi) is 27.0. The van der Waals surface area contributed by atoms with Gasteiger partial charge in [0.15, 0.2) is 5.88 Å². The van der Waals surface area contributed by atoms with Gasteiger partial charge in [-0.15, -0.1) is 23.5 Å². The average Bonchev–Trinajstić information content (AvgIpc) is 3.80. The number of aromatic amines is 1. The smallest absolute Gasteiger partial charge is 0.280 e. The summed E-state index contributed by atoms with van der Waals surface area (Å²) in [6.45, 7) is 4.58. The van der Waals surface area contributed by atoms with Gasteiger partial charge in [0.2, 0.25) is 0 Å². The minimum atomic E-state index is -0.296. The highest BCUT2D eigenvalue weighted by molar-refractivity contribution is 7.99. The number of thioether (sulfide) groups is 2. The zero-order chi connectivity index (χ0) is 42.3. The summed E-state index contributed by atoms with van der Waals surface area (Å²) in [5.74, 6) is 1.97. The number of aromatic hydroxyl groups is 1. The Morgan fingerprint density at radius 1 is 0.433 bits per heavy atom. The number of rotatable bonds is 38. The highest BCUT2D eigenvalue weighted by Crippen LogP contribution is 2.39. The molecule has 4 rings (SSSR count). The Morgan fingerprint density at radius 3 is 1.10 bits per heavy atom. The van der Waals surface area contributed by atoms with E-state index in [4.69, 9.17) is 0 Å². The van der Waals surface area contributed by atoms with Gasteiger partial charge in [-0.3, -0.25) is 4.79 Å². The van der Waals surface area contributed by atoms with Crippen LogP contribution in [0.5, 0.6) is 5.88 Å². The lowest BCUT2D eigenvalue weighted by molar-refractivity contribution is 0.101. The summed E-state index contributed by atoms with van der Waals surface area (Å²) in [7, 11) is 0. The number of fused-ring (bicyclic) bond motifs is 1. The summed E-state index contributed by atoms with van der Waals surface area (Å²) in [6, 6.07) is 16.7. The quantitative estimate of drug-likeness (QED) is 0.0445. The number of carbonyl (C=O) groups is 1. The topological polar surface area (TPSA) is 65.5 Å². The monoisotopic (exact) mass is 857 g/mol. The van der Waals surface area contributed by atoms with E-state index >= 15 is 0 Å². The van der Waals surface area contributed by atoms with Gasteiger partial charge in [0.05, 0.1) is 22.5 Å². The van der Waals surface area contributed by atoms with E-state index in [1.54, 1.807) is 0 Å². The molecule has 4 nitrogen and oxygen atoms in total. The SMILES string of the molecule is CCCCCCCCCCCCCCCCCCSc1ccc(C2=NC(=O)c3c(-c4ccc(SCCCCCCCCCCCCCCCCCC)cc4)[nH]c(O)c32)cc1. The van der Waals surface area contributed by atoms with Crippen LogP contribution in [0.2, 0.25) is 0 Å². The first-order valence-corrected chi connectivity index (χ1v) is 27.1. The van der Waals surface area contributed by atoms with Crippen LogP contribution in [-0.4, -0.2) is 33.2 Å². The first kappa shape index (κ1) is 50.2. The number of nitrogens with zero attached hydrogens (tertiary/aromatic N) is 1. The van der Waals surface area contributed by atoms with E-state index < -0.39 is 0 Å². The Morgan fingerprint density at radius 2 is 0.750 bits per heavy atom. The number of carbonyl (C=O) groups excluding carboxylic acids is 1. The van der Waals surface area contributed by atoms with E-state index in [1.165, 1.54) is 215 Å². The van der Waals surface area contributed by atoms with Gasteiger partial charge in [-0.2, -0.15) is 0 Å². The predicted molar refractivity (Wildman–Crippen MR) is 265 cm³/mol. The molecule has 2 heterocycles. The molecule has 0 atom stereocenters. The average molecular weight is 857 g/mol. The maximum absolute atomic E-state index is 13.2. The molecule has 3 aromatic rings. The molecule has 1 aliphatic heterocycles. The number of hydrogen-bond acceptors (Lipinski definition) is 4. The van der Waals surface area contributed by atoms with Crippen LogP contribution in [0.15, 0.2) is 63.3 Å². The van der Waals surface area contributed by atoms with Crippen molar-refractivity contribution in [1.82, 2.24) is 4.98 Å². The lowest BCUT2D eigenvalue weighted by Gasteiger charge is -2.05. The molecule has 334 valence electrons. The molecule has 0 saturated heterocycles. The second kappa shape index (κ2) is 32.3. The molecule has 0 fully saturated rings. The summed E-state index contributed by atoms with van der Waals surface area (Å²) in [5.41, 5.74) is 3.94. The normalized spacial score (nSPS) is 12.4. The maximum atomic E-state index is 13.2. The number of nitrogens with one attached hydrogen (secondary N) is 1. The van der Waals surface area contributed by atoms with Crippen LogP contribution in [0.4, 0.5) is 0 Å². The van der Waals surface area contributed by atoms with E-state index in [0.29, 0.717) is 22.5 Å². The molecule has 1 amide bonds. The first-order chi connectivity index (χ1) is 29.6. The van der Waals surface area contributed by atoms with Gasteiger partial charge in [0.1, 0.15) is 0 Å². The summed E-state index contributed by atoms with van der Waals surface area (Å²) >= 11 is 3.81. The molecule has 1 aromatic heterocycles. The number of aliphatic imine (C=N–C) groups is 1. The van der Waals surface area contributed by atoms with Crippen LogP contribution in [0.1, 0.15) is 241 Å². The number of H-pyrrole nitrogens is 1. The highest BCUT2D eigenvalue weighted by atomic mass is 32.2. The van der Waals surface area contributed by atoms with Crippen molar-refractivity contribution in [1.29, 1.82) is 0 Å². The van der Waals surface area contributed by atoms with Crippen molar-refractivity contribution in [3.05, 3.63) is 65.2 Å². The Balaban J connectivity index is 1.05. The van der Waals surface area contributed by atoms with Gasteiger partial charge in [-0.05, 0) is 54.2 Å². The van der Waals surface area contributed by atoms with Gasteiger partial charge in [0, 0.05) is 15.4 Å². The largest absolute Gasteiger partial charge is 0.494 e. The van der Waals surface area contributed by atoms with Crippen LogP contribution in [0, 0.1) is 0 Å². The van der Waals surface area contributed by atoms with Gasteiger partial charge in [-0.1, -0.05) is 231 Å². The van der Waals surface area contributed by atoms with Crippen molar-refractivity contribution in [3.8, 4) is 17.1 Å². The third kappa shape index (κ3) is 19.7. The maximum Gasteiger partial charge on any atom is 0.280 e. The zero-order valence-electron chi connectivity index (χ0n) is 38.3.